The molecule has 152 valence electrons. The van der Waals surface area contributed by atoms with Crippen molar-refractivity contribution in [3.63, 3.8) is 0 Å². The molecule has 0 heterocycles. The van der Waals surface area contributed by atoms with Gasteiger partial charge in [-0.1, -0.05) is 52.0 Å². The zero-order valence-corrected chi connectivity index (χ0v) is 17.9. The highest BCUT2D eigenvalue weighted by atomic mass is 16.5. The molecule has 0 aliphatic heterocycles. The molecule has 2 rings (SSSR count). The summed E-state index contributed by atoms with van der Waals surface area (Å²) < 4.78 is 11.1. The van der Waals surface area contributed by atoms with E-state index in [0.717, 1.165) is 34.6 Å². The van der Waals surface area contributed by atoms with Crippen LogP contribution in [0.4, 0.5) is 0 Å². The molecule has 0 aliphatic carbocycles. The Morgan fingerprint density at radius 1 is 1.04 bits per heavy atom. The summed E-state index contributed by atoms with van der Waals surface area (Å²) in [4.78, 5) is 12.6. The standard InChI is InChI=1S/C24H33NO3/c1-16(2)13-22(19-8-10-20(27-6)11-9-19)25-24(26)15-28-23-14-18(5)7-12-21(23)17(3)4/h7-12,14,16-17,22H,13,15H2,1-6H3,(H,25,26)/t22-/m0/s1. The van der Waals surface area contributed by atoms with Gasteiger partial charge in [0.25, 0.3) is 5.91 Å². The van der Waals surface area contributed by atoms with Crippen LogP contribution in [0.2, 0.25) is 0 Å². The Kier molecular flexibility index (Phi) is 7.91. The number of rotatable bonds is 9. The van der Waals surface area contributed by atoms with E-state index in [2.05, 4.69) is 45.1 Å². The fourth-order valence-electron chi connectivity index (χ4n) is 3.21. The average Bonchev–Trinajstić information content (AvgIpc) is 2.65. The van der Waals surface area contributed by atoms with Gasteiger partial charge in [0.1, 0.15) is 11.5 Å². The van der Waals surface area contributed by atoms with Gasteiger partial charge in [-0.3, -0.25) is 4.79 Å². The van der Waals surface area contributed by atoms with Crippen LogP contribution >= 0.6 is 0 Å². The third kappa shape index (κ3) is 6.29. The molecule has 1 atom stereocenters. The Balaban J connectivity index is 2.06. The van der Waals surface area contributed by atoms with Gasteiger partial charge in [0, 0.05) is 0 Å². The van der Waals surface area contributed by atoms with Crippen molar-refractivity contribution in [3.8, 4) is 11.5 Å². The van der Waals surface area contributed by atoms with Gasteiger partial charge in [-0.2, -0.15) is 0 Å². The first-order chi connectivity index (χ1) is 13.3. The minimum atomic E-state index is -0.113. The first-order valence-corrected chi connectivity index (χ1v) is 9.96. The minimum absolute atomic E-state index is 0.00786. The Hall–Kier alpha value is -2.49. The van der Waals surface area contributed by atoms with E-state index in [4.69, 9.17) is 9.47 Å². The molecule has 1 amide bonds. The van der Waals surface area contributed by atoms with Crippen LogP contribution in [0.3, 0.4) is 0 Å². The van der Waals surface area contributed by atoms with Gasteiger partial charge in [0.2, 0.25) is 0 Å². The van der Waals surface area contributed by atoms with Crippen molar-refractivity contribution < 1.29 is 14.3 Å². The number of amides is 1. The lowest BCUT2D eigenvalue weighted by atomic mass is 9.97. The summed E-state index contributed by atoms with van der Waals surface area (Å²) in [6.45, 7) is 10.6. The number of hydrogen-bond acceptors (Lipinski definition) is 3. The molecule has 2 aromatic rings. The molecule has 0 fully saturated rings. The number of benzene rings is 2. The maximum absolute atomic E-state index is 12.6. The van der Waals surface area contributed by atoms with Gasteiger partial charge < -0.3 is 14.8 Å². The van der Waals surface area contributed by atoms with Crippen molar-refractivity contribution in [3.05, 3.63) is 59.2 Å². The maximum Gasteiger partial charge on any atom is 0.258 e. The van der Waals surface area contributed by atoms with E-state index >= 15 is 0 Å². The molecule has 0 aromatic heterocycles. The van der Waals surface area contributed by atoms with E-state index in [1.54, 1.807) is 7.11 Å². The van der Waals surface area contributed by atoms with E-state index in [0.29, 0.717) is 11.8 Å². The van der Waals surface area contributed by atoms with Crippen LogP contribution in [0.5, 0.6) is 11.5 Å². The molecule has 1 N–H and O–H groups in total. The lowest BCUT2D eigenvalue weighted by molar-refractivity contribution is -0.124. The van der Waals surface area contributed by atoms with Gasteiger partial charge in [-0.15, -0.1) is 0 Å². The fourth-order valence-corrected chi connectivity index (χ4v) is 3.21. The van der Waals surface area contributed by atoms with Crippen LogP contribution in [-0.2, 0) is 4.79 Å². The van der Waals surface area contributed by atoms with Gasteiger partial charge in [-0.25, -0.2) is 0 Å². The monoisotopic (exact) mass is 383 g/mol. The minimum Gasteiger partial charge on any atom is -0.497 e. The molecular weight excluding hydrogens is 350 g/mol. The number of hydrogen-bond donors (Lipinski definition) is 1. The summed E-state index contributed by atoms with van der Waals surface area (Å²) in [5, 5.41) is 3.13. The van der Waals surface area contributed by atoms with Crippen molar-refractivity contribution in [1.82, 2.24) is 5.32 Å². The van der Waals surface area contributed by atoms with Crippen LogP contribution < -0.4 is 14.8 Å². The highest BCUT2D eigenvalue weighted by Crippen LogP contribution is 2.28. The molecule has 0 saturated heterocycles. The van der Waals surface area contributed by atoms with E-state index in [9.17, 15) is 4.79 Å². The quantitative estimate of drug-likeness (QED) is 0.630. The third-order valence-corrected chi connectivity index (χ3v) is 4.71. The SMILES string of the molecule is COc1ccc([C@H](CC(C)C)NC(=O)COc2cc(C)ccc2C(C)C)cc1. The second kappa shape index (κ2) is 10.2. The summed E-state index contributed by atoms with van der Waals surface area (Å²) in [6, 6.07) is 14.0. The van der Waals surface area contributed by atoms with Crippen molar-refractivity contribution in [1.29, 1.82) is 0 Å². The number of carbonyl (C=O) groups is 1. The summed E-state index contributed by atoms with van der Waals surface area (Å²) >= 11 is 0. The van der Waals surface area contributed by atoms with Gasteiger partial charge in [0.05, 0.1) is 13.2 Å². The third-order valence-electron chi connectivity index (χ3n) is 4.71. The van der Waals surface area contributed by atoms with Gasteiger partial charge in [-0.05, 0) is 60.1 Å². The number of aryl methyl sites for hydroxylation is 1. The first-order valence-electron chi connectivity index (χ1n) is 9.96. The van der Waals surface area contributed by atoms with Crippen molar-refractivity contribution >= 4 is 5.91 Å². The molecule has 4 nitrogen and oxygen atoms in total. The second-order valence-corrected chi connectivity index (χ2v) is 8.01. The molecule has 0 bridgehead atoms. The molecule has 4 heteroatoms. The fraction of sp³-hybridized carbons (Fsp3) is 0.458. The lowest BCUT2D eigenvalue weighted by Crippen LogP contribution is -2.33. The first kappa shape index (κ1) is 21.8. The highest BCUT2D eigenvalue weighted by molar-refractivity contribution is 5.78. The number of nitrogens with one attached hydrogen (secondary N) is 1. The van der Waals surface area contributed by atoms with Crippen molar-refractivity contribution in [2.45, 2.75) is 53.0 Å². The molecule has 0 unspecified atom stereocenters. The molecule has 0 spiro atoms. The normalized spacial score (nSPS) is 12.1. The summed E-state index contributed by atoms with van der Waals surface area (Å²) in [5.74, 6) is 2.28. The largest absolute Gasteiger partial charge is 0.497 e. The Morgan fingerprint density at radius 2 is 1.71 bits per heavy atom. The van der Waals surface area contributed by atoms with Crippen LogP contribution in [0.1, 0.15) is 62.8 Å². The molecular formula is C24H33NO3. The topological polar surface area (TPSA) is 47.6 Å². The Labute approximate surface area is 169 Å². The van der Waals surface area contributed by atoms with E-state index in [1.165, 1.54) is 0 Å². The van der Waals surface area contributed by atoms with Crippen LogP contribution in [0.25, 0.3) is 0 Å². The highest BCUT2D eigenvalue weighted by Gasteiger charge is 2.17. The predicted octanol–water partition coefficient (Wildman–Crippen LogP) is 5.41. The summed E-state index contributed by atoms with van der Waals surface area (Å²) in [7, 11) is 1.65. The van der Waals surface area contributed by atoms with E-state index in [1.807, 2.05) is 37.3 Å². The maximum atomic E-state index is 12.6. The van der Waals surface area contributed by atoms with Crippen molar-refractivity contribution in [2.75, 3.05) is 13.7 Å². The van der Waals surface area contributed by atoms with Crippen LogP contribution in [0, 0.1) is 12.8 Å². The zero-order valence-electron chi connectivity index (χ0n) is 17.9. The zero-order chi connectivity index (χ0) is 20.7. The van der Waals surface area contributed by atoms with Gasteiger partial charge >= 0.3 is 0 Å². The average molecular weight is 384 g/mol. The smallest absolute Gasteiger partial charge is 0.258 e. The van der Waals surface area contributed by atoms with Crippen LogP contribution in [0.15, 0.2) is 42.5 Å². The van der Waals surface area contributed by atoms with Crippen LogP contribution in [-0.4, -0.2) is 19.6 Å². The molecule has 0 saturated carbocycles. The van der Waals surface area contributed by atoms with Crippen molar-refractivity contribution in [2.24, 2.45) is 5.92 Å². The molecule has 2 aromatic carbocycles. The Morgan fingerprint density at radius 3 is 2.29 bits per heavy atom. The Bertz CT molecular complexity index is 766. The van der Waals surface area contributed by atoms with E-state index < -0.39 is 0 Å². The summed E-state index contributed by atoms with van der Waals surface area (Å²) in [5.41, 5.74) is 3.31. The molecule has 0 aliphatic rings. The number of carbonyl (C=O) groups excluding carboxylic acids is 1. The van der Waals surface area contributed by atoms with Gasteiger partial charge in [0.15, 0.2) is 6.61 Å². The number of methoxy groups -OCH3 is 1. The summed E-state index contributed by atoms with van der Waals surface area (Å²) in [6.07, 6.45) is 0.861. The predicted molar refractivity (Wildman–Crippen MR) is 114 cm³/mol. The molecule has 0 radical (unpaired) electrons. The lowest BCUT2D eigenvalue weighted by Gasteiger charge is -2.22. The van der Waals surface area contributed by atoms with E-state index in [-0.39, 0.29) is 18.6 Å². The number of ether oxygens (including phenoxy) is 2. The second-order valence-electron chi connectivity index (χ2n) is 8.01. The molecule has 28 heavy (non-hydrogen) atoms.